The molecule has 1 aliphatic rings. The van der Waals surface area contributed by atoms with Gasteiger partial charge in [-0.3, -0.25) is 4.79 Å². The van der Waals surface area contributed by atoms with Crippen LogP contribution in [-0.2, 0) is 5.41 Å². The summed E-state index contributed by atoms with van der Waals surface area (Å²) >= 11 is 1.55. The smallest absolute Gasteiger partial charge is 0.254 e. The van der Waals surface area contributed by atoms with Crippen molar-refractivity contribution in [3.05, 3.63) is 47.1 Å². The van der Waals surface area contributed by atoms with Gasteiger partial charge in [0, 0.05) is 31.1 Å². The molecule has 0 spiro atoms. The quantitative estimate of drug-likeness (QED) is 0.696. The Morgan fingerprint density at radius 2 is 1.96 bits per heavy atom. The van der Waals surface area contributed by atoms with Gasteiger partial charge in [0.15, 0.2) is 5.82 Å². The number of aromatic nitrogens is 3. The average molecular weight is 382 g/mol. The fourth-order valence-electron chi connectivity index (χ4n) is 3.14. The molecule has 0 saturated carbocycles. The number of amides is 1. The van der Waals surface area contributed by atoms with Crippen LogP contribution in [0.25, 0.3) is 10.2 Å². The van der Waals surface area contributed by atoms with Crippen molar-refractivity contribution in [2.75, 3.05) is 25.0 Å². The fraction of sp³-hybridized carbons (Fsp3) is 0.400. The van der Waals surface area contributed by atoms with E-state index in [0.29, 0.717) is 5.56 Å². The van der Waals surface area contributed by atoms with E-state index in [9.17, 15) is 4.79 Å². The molecule has 0 radical (unpaired) electrons. The molecule has 4 rings (SSSR count). The van der Waals surface area contributed by atoms with Crippen molar-refractivity contribution in [1.29, 1.82) is 0 Å². The highest BCUT2D eigenvalue weighted by Gasteiger charge is 2.34. The molecule has 7 heteroatoms. The number of carbonyl (C=O) groups is 1. The zero-order valence-electron chi connectivity index (χ0n) is 16.0. The Bertz CT molecular complexity index is 970. The minimum Gasteiger partial charge on any atom is -0.351 e. The number of carbonyl (C=O) groups excluding carboxylic acids is 1. The van der Waals surface area contributed by atoms with Crippen molar-refractivity contribution in [1.82, 2.24) is 20.1 Å². The van der Waals surface area contributed by atoms with Gasteiger partial charge in [0.05, 0.1) is 27.5 Å². The summed E-state index contributed by atoms with van der Waals surface area (Å²) in [6.07, 6.45) is 0. The molecule has 1 aliphatic heterocycles. The third kappa shape index (κ3) is 3.39. The molecular weight excluding hydrogens is 358 g/mol. The Morgan fingerprint density at radius 3 is 2.63 bits per heavy atom. The minimum absolute atomic E-state index is 0.00512. The number of hydrogen-bond acceptors (Lipinski definition) is 6. The first-order valence-corrected chi connectivity index (χ1v) is 9.90. The second kappa shape index (κ2) is 6.56. The van der Waals surface area contributed by atoms with E-state index >= 15 is 0 Å². The molecule has 0 atom stereocenters. The van der Waals surface area contributed by atoms with Crippen LogP contribution in [0.3, 0.4) is 0 Å². The number of benzene rings is 1. The number of likely N-dealkylation sites (N-methyl/N-ethyl adjacent to an activating group) is 1. The minimum atomic E-state index is -0.00512. The molecule has 6 nitrogen and oxygen atoms in total. The Morgan fingerprint density at radius 1 is 1.19 bits per heavy atom. The molecular formula is C20H23N5OS. The summed E-state index contributed by atoms with van der Waals surface area (Å²) in [5.74, 6) is 0.912. The zero-order chi connectivity index (χ0) is 19.2. The fourth-order valence-corrected chi connectivity index (χ4v) is 3.86. The molecule has 1 aromatic carbocycles. The van der Waals surface area contributed by atoms with Gasteiger partial charge in [-0.15, -0.1) is 16.4 Å². The van der Waals surface area contributed by atoms with Crippen LogP contribution >= 0.6 is 11.3 Å². The third-order valence-corrected chi connectivity index (χ3v) is 5.84. The van der Waals surface area contributed by atoms with Crippen molar-refractivity contribution < 1.29 is 4.79 Å². The summed E-state index contributed by atoms with van der Waals surface area (Å²) in [5, 5.41) is 8.71. The van der Waals surface area contributed by atoms with Crippen LogP contribution in [0.1, 0.15) is 36.8 Å². The van der Waals surface area contributed by atoms with Crippen LogP contribution in [0.4, 0.5) is 5.82 Å². The number of rotatable bonds is 3. The van der Waals surface area contributed by atoms with Gasteiger partial charge < -0.3 is 9.80 Å². The van der Waals surface area contributed by atoms with Crippen molar-refractivity contribution in [3.8, 4) is 0 Å². The Hall–Kier alpha value is -2.54. The summed E-state index contributed by atoms with van der Waals surface area (Å²) < 4.78 is 1.04. The standard InChI is InChI=1S/C20H23N5OS/c1-20(2,3)17-7-8-18(23-22-17)25-10-14(11-25)24(4)19(26)13-5-6-15-16(9-13)27-12-21-15/h5-9,12,14H,10-11H2,1-4H3. The van der Waals surface area contributed by atoms with Gasteiger partial charge in [-0.2, -0.15) is 5.10 Å². The Labute approximate surface area is 162 Å². The number of anilines is 1. The van der Waals surface area contributed by atoms with Crippen LogP contribution in [0.5, 0.6) is 0 Å². The Kier molecular flexibility index (Phi) is 4.34. The van der Waals surface area contributed by atoms with E-state index in [0.717, 1.165) is 34.8 Å². The van der Waals surface area contributed by atoms with Crippen LogP contribution in [0.15, 0.2) is 35.8 Å². The van der Waals surface area contributed by atoms with Crippen molar-refractivity contribution in [2.45, 2.75) is 32.2 Å². The van der Waals surface area contributed by atoms with Gasteiger partial charge in [0.1, 0.15) is 0 Å². The first-order valence-electron chi connectivity index (χ1n) is 9.02. The molecule has 3 aromatic rings. The van der Waals surface area contributed by atoms with Gasteiger partial charge in [-0.25, -0.2) is 4.98 Å². The Balaban J connectivity index is 1.40. The third-order valence-electron chi connectivity index (χ3n) is 5.05. The lowest BCUT2D eigenvalue weighted by Gasteiger charge is -2.44. The zero-order valence-corrected chi connectivity index (χ0v) is 16.8. The maximum Gasteiger partial charge on any atom is 0.254 e. The molecule has 27 heavy (non-hydrogen) atoms. The number of hydrogen-bond donors (Lipinski definition) is 0. The molecule has 0 unspecified atom stereocenters. The highest BCUT2D eigenvalue weighted by Crippen LogP contribution is 2.25. The van der Waals surface area contributed by atoms with Gasteiger partial charge >= 0.3 is 0 Å². The van der Waals surface area contributed by atoms with E-state index in [1.54, 1.807) is 16.8 Å². The molecule has 140 valence electrons. The lowest BCUT2D eigenvalue weighted by Crippen LogP contribution is -2.60. The SMILES string of the molecule is CN(C(=O)c1ccc2ncsc2c1)C1CN(c2ccc(C(C)(C)C)nn2)C1. The normalized spacial score (nSPS) is 15.0. The predicted molar refractivity (Wildman–Crippen MR) is 108 cm³/mol. The molecule has 2 aromatic heterocycles. The van der Waals surface area contributed by atoms with E-state index < -0.39 is 0 Å². The second-order valence-electron chi connectivity index (χ2n) is 8.04. The molecule has 0 aliphatic carbocycles. The van der Waals surface area contributed by atoms with Crippen molar-refractivity contribution in [2.24, 2.45) is 0 Å². The van der Waals surface area contributed by atoms with Crippen molar-refractivity contribution >= 4 is 33.3 Å². The first-order chi connectivity index (χ1) is 12.8. The molecule has 3 heterocycles. The molecule has 0 N–H and O–H groups in total. The maximum absolute atomic E-state index is 12.8. The van der Waals surface area contributed by atoms with Gasteiger partial charge in [-0.1, -0.05) is 20.8 Å². The van der Waals surface area contributed by atoms with Crippen LogP contribution < -0.4 is 4.90 Å². The van der Waals surface area contributed by atoms with Crippen LogP contribution in [0, 0.1) is 0 Å². The molecule has 1 saturated heterocycles. The van der Waals surface area contributed by atoms with E-state index in [1.807, 2.05) is 42.3 Å². The average Bonchev–Trinajstić information content (AvgIpc) is 3.07. The summed E-state index contributed by atoms with van der Waals surface area (Å²) in [6, 6.07) is 9.93. The van der Waals surface area contributed by atoms with Crippen LogP contribution in [-0.4, -0.2) is 52.2 Å². The summed E-state index contributed by atoms with van der Waals surface area (Å²) in [6.45, 7) is 7.92. The highest BCUT2D eigenvalue weighted by molar-refractivity contribution is 7.16. The number of fused-ring (bicyclic) bond motifs is 1. The predicted octanol–water partition coefficient (Wildman–Crippen LogP) is 3.34. The van der Waals surface area contributed by atoms with Gasteiger partial charge in [0.2, 0.25) is 0 Å². The van der Waals surface area contributed by atoms with Crippen LogP contribution in [0.2, 0.25) is 0 Å². The first kappa shape index (κ1) is 17.9. The summed E-state index contributed by atoms with van der Waals surface area (Å²) in [7, 11) is 1.87. The van der Waals surface area contributed by atoms with Crippen molar-refractivity contribution in [3.63, 3.8) is 0 Å². The lowest BCUT2D eigenvalue weighted by molar-refractivity contribution is 0.0705. The topological polar surface area (TPSA) is 62.2 Å². The van der Waals surface area contributed by atoms with Gasteiger partial charge in [-0.05, 0) is 30.3 Å². The summed E-state index contributed by atoms with van der Waals surface area (Å²) in [5.41, 5.74) is 4.43. The van der Waals surface area contributed by atoms with E-state index in [1.165, 1.54) is 0 Å². The molecule has 1 amide bonds. The maximum atomic E-state index is 12.8. The number of nitrogens with zero attached hydrogens (tertiary/aromatic N) is 5. The highest BCUT2D eigenvalue weighted by atomic mass is 32.1. The largest absolute Gasteiger partial charge is 0.351 e. The molecule has 1 fully saturated rings. The second-order valence-corrected chi connectivity index (χ2v) is 8.92. The number of thiazole rings is 1. The van der Waals surface area contributed by atoms with Gasteiger partial charge in [0.25, 0.3) is 5.91 Å². The van der Waals surface area contributed by atoms with E-state index in [2.05, 4.69) is 40.9 Å². The van der Waals surface area contributed by atoms with E-state index in [4.69, 9.17) is 0 Å². The molecule has 0 bridgehead atoms. The monoisotopic (exact) mass is 381 g/mol. The summed E-state index contributed by atoms with van der Waals surface area (Å²) in [4.78, 5) is 21.1. The van der Waals surface area contributed by atoms with E-state index in [-0.39, 0.29) is 17.4 Å². The lowest BCUT2D eigenvalue weighted by atomic mass is 9.92.